The highest BCUT2D eigenvalue weighted by molar-refractivity contribution is 5.85. The molecule has 0 aliphatic rings. The van der Waals surface area contributed by atoms with Gasteiger partial charge in [0.1, 0.15) is 0 Å². The molecule has 6 heteroatoms. The van der Waals surface area contributed by atoms with E-state index in [1.807, 2.05) is 44.2 Å². The van der Waals surface area contributed by atoms with Gasteiger partial charge in [0.2, 0.25) is 0 Å². The van der Waals surface area contributed by atoms with Crippen LogP contribution in [0.1, 0.15) is 16.8 Å². The molecule has 0 saturated carbocycles. The normalized spacial score (nSPS) is 10.9. The average molecular weight is 348 g/mol. The molecule has 3 aromatic rings. The van der Waals surface area contributed by atoms with Crippen LogP contribution in [0.3, 0.4) is 0 Å². The van der Waals surface area contributed by atoms with Crippen molar-refractivity contribution >= 4 is 12.0 Å². The van der Waals surface area contributed by atoms with Crippen molar-refractivity contribution in [3.8, 4) is 22.9 Å². The number of ether oxygens (including phenoxy) is 1. The number of hydrogen-bond donors (Lipinski definition) is 2. The quantitative estimate of drug-likeness (QED) is 0.540. The third-order valence-electron chi connectivity index (χ3n) is 4.05. The number of hydrazone groups is 1. The maximum Gasteiger partial charge on any atom is 0.166 e. The Morgan fingerprint density at radius 2 is 1.81 bits per heavy atom. The Hall–Kier alpha value is -3.41. The average Bonchev–Trinajstić information content (AvgIpc) is 2.67. The van der Waals surface area contributed by atoms with Crippen molar-refractivity contribution in [2.45, 2.75) is 13.8 Å². The summed E-state index contributed by atoms with van der Waals surface area (Å²) >= 11 is 0. The topological polar surface area (TPSA) is 79.6 Å². The van der Waals surface area contributed by atoms with E-state index in [1.54, 1.807) is 18.2 Å². The molecule has 2 aromatic carbocycles. The molecule has 1 heterocycles. The Morgan fingerprint density at radius 3 is 2.54 bits per heavy atom. The van der Waals surface area contributed by atoms with Gasteiger partial charge in [0.15, 0.2) is 23.1 Å². The van der Waals surface area contributed by atoms with E-state index in [0.717, 1.165) is 16.8 Å². The van der Waals surface area contributed by atoms with Crippen molar-refractivity contribution in [2.75, 3.05) is 12.5 Å². The molecular formula is C20H20N4O2. The van der Waals surface area contributed by atoms with Crippen molar-refractivity contribution < 1.29 is 9.84 Å². The molecule has 1 aromatic heterocycles. The predicted molar refractivity (Wildman–Crippen MR) is 103 cm³/mol. The van der Waals surface area contributed by atoms with Crippen LogP contribution in [0.2, 0.25) is 0 Å². The van der Waals surface area contributed by atoms with Gasteiger partial charge in [-0.3, -0.25) is 5.43 Å². The maximum absolute atomic E-state index is 10.1. The molecule has 0 saturated heterocycles. The van der Waals surface area contributed by atoms with Gasteiger partial charge in [-0.2, -0.15) is 5.10 Å². The molecule has 132 valence electrons. The number of methoxy groups -OCH3 is 1. The Balaban J connectivity index is 1.87. The van der Waals surface area contributed by atoms with Gasteiger partial charge in [-0.05, 0) is 26.0 Å². The summed E-state index contributed by atoms with van der Waals surface area (Å²) in [5, 5.41) is 14.3. The number of para-hydroxylation sites is 1. The fourth-order valence-corrected chi connectivity index (χ4v) is 2.43. The molecule has 2 N–H and O–H groups in total. The highest BCUT2D eigenvalue weighted by Gasteiger charge is 2.09. The zero-order valence-corrected chi connectivity index (χ0v) is 14.9. The van der Waals surface area contributed by atoms with Crippen LogP contribution in [-0.4, -0.2) is 28.4 Å². The molecule has 26 heavy (non-hydrogen) atoms. The Morgan fingerprint density at radius 1 is 1.04 bits per heavy atom. The van der Waals surface area contributed by atoms with Crippen LogP contribution in [-0.2, 0) is 0 Å². The third kappa shape index (κ3) is 3.64. The summed E-state index contributed by atoms with van der Waals surface area (Å²) in [5.74, 6) is 1.70. The van der Waals surface area contributed by atoms with Crippen LogP contribution >= 0.6 is 0 Å². The van der Waals surface area contributed by atoms with Gasteiger partial charge in [0.05, 0.1) is 13.3 Å². The second-order valence-electron chi connectivity index (χ2n) is 5.74. The summed E-state index contributed by atoms with van der Waals surface area (Å²) in [6, 6.07) is 15.0. The largest absolute Gasteiger partial charge is 0.504 e. The molecule has 6 nitrogen and oxygen atoms in total. The predicted octanol–water partition coefficient (Wildman–Crippen LogP) is 3.92. The van der Waals surface area contributed by atoms with Crippen LogP contribution < -0.4 is 10.2 Å². The van der Waals surface area contributed by atoms with Gasteiger partial charge in [0.25, 0.3) is 0 Å². The number of aromatic hydroxyl groups is 1. The first-order valence-corrected chi connectivity index (χ1v) is 8.16. The number of nitrogens with zero attached hydrogens (tertiary/aromatic N) is 3. The van der Waals surface area contributed by atoms with Crippen LogP contribution in [0.5, 0.6) is 11.5 Å². The van der Waals surface area contributed by atoms with Crippen LogP contribution in [0.25, 0.3) is 11.4 Å². The van der Waals surface area contributed by atoms with Crippen LogP contribution in [0.15, 0.2) is 53.6 Å². The number of benzene rings is 2. The van der Waals surface area contributed by atoms with Crippen molar-refractivity contribution in [1.82, 2.24) is 9.97 Å². The molecule has 0 atom stereocenters. The second kappa shape index (κ2) is 7.65. The highest BCUT2D eigenvalue weighted by atomic mass is 16.5. The molecule has 0 amide bonds. The van der Waals surface area contributed by atoms with E-state index in [9.17, 15) is 5.11 Å². The number of phenolic OH excluding ortho intramolecular Hbond substituents is 1. The smallest absolute Gasteiger partial charge is 0.166 e. The third-order valence-corrected chi connectivity index (χ3v) is 4.05. The first-order chi connectivity index (χ1) is 12.6. The Labute approximate surface area is 152 Å². The van der Waals surface area contributed by atoms with Crippen LogP contribution in [0.4, 0.5) is 5.82 Å². The van der Waals surface area contributed by atoms with E-state index in [0.29, 0.717) is 23.0 Å². The summed E-state index contributed by atoms with van der Waals surface area (Å²) < 4.78 is 5.10. The fraction of sp³-hybridized carbons (Fsp3) is 0.150. The number of aryl methyl sites for hydroxylation is 1. The summed E-state index contributed by atoms with van der Waals surface area (Å²) in [7, 11) is 1.51. The molecular weight excluding hydrogens is 328 g/mol. The van der Waals surface area contributed by atoms with Gasteiger partial charge in [0, 0.05) is 22.4 Å². The lowest BCUT2D eigenvalue weighted by Gasteiger charge is -2.10. The van der Waals surface area contributed by atoms with E-state index in [4.69, 9.17) is 4.74 Å². The SMILES string of the molecule is COc1cccc(/C=N\Nc2nc(-c3ccccc3)nc(C)c2C)c1O. The standard InChI is InChI=1S/C20H20N4O2/c1-13-14(2)22-20(15-8-5-4-6-9-15)23-19(13)24-21-12-16-10-7-11-17(26-3)18(16)25/h4-12,25H,1-3H3,(H,22,23,24)/b21-12-. The second-order valence-corrected chi connectivity index (χ2v) is 5.74. The number of aromatic nitrogens is 2. The van der Waals surface area contributed by atoms with Gasteiger partial charge < -0.3 is 9.84 Å². The molecule has 0 unspecified atom stereocenters. The van der Waals surface area contributed by atoms with E-state index in [1.165, 1.54) is 13.3 Å². The summed E-state index contributed by atoms with van der Waals surface area (Å²) in [6.45, 7) is 3.87. The maximum atomic E-state index is 10.1. The number of phenols is 1. The Bertz CT molecular complexity index is 940. The van der Waals surface area contributed by atoms with Gasteiger partial charge >= 0.3 is 0 Å². The van der Waals surface area contributed by atoms with Crippen molar-refractivity contribution in [3.63, 3.8) is 0 Å². The molecule has 0 aliphatic carbocycles. The van der Waals surface area contributed by atoms with E-state index >= 15 is 0 Å². The van der Waals surface area contributed by atoms with Gasteiger partial charge in [-0.15, -0.1) is 0 Å². The highest BCUT2D eigenvalue weighted by Crippen LogP contribution is 2.28. The fourth-order valence-electron chi connectivity index (χ4n) is 2.43. The first kappa shape index (κ1) is 17.4. The van der Waals surface area contributed by atoms with E-state index in [2.05, 4.69) is 20.5 Å². The zero-order chi connectivity index (χ0) is 18.5. The molecule has 3 rings (SSSR count). The lowest BCUT2D eigenvalue weighted by molar-refractivity contribution is 0.373. The molecule has 0 spiro atoms. The van der Waals surface area contributed by atoms with Crippen molar-refractivity contribution in [1.29, 1.82) is 0 Å². The summed E-state index contributed by atoms with van der Waals surface area (Å²) in [4.78, 5) is 9.11. The van der Waals surface area contributed by atoms with Crippen molar-refractivity contribution in [2.24, 2.45) is 5.10 Å². The summed E-state index contributed by atoms with van der Waals surface area (Å²) in [5.41, 5.74) is 6.22. The van der Waals surface area contributed by atoms with E-state index in [-0.39, 0.29) is 5.75 Å². The molecule has 0 aliphatic heterocycles. The molecule has 0 fully saturated rings. The minimum atomic E-state index is 0.0427. The minimum absolute atomic E-state index is 0.0427. The lowest BCUT2D eigenvalue weighted by atomic mass is 10.2. The number of hydrogen-bond acceptors (Lipinski definition) is 6. The number of nitrogens with one attached hydrogen (secondary N) is 1. The lowest BCUT2D eigenvalue weighted by Crippen LogP contribution is -2.03. The van der Waals surface area contributed by atoms with Crippen molar-refractivity contribution in [3.05, 3.63) is 65.4 Å². The van der Waals surface area contributed by atoms with E-state index < -0.39 is 0 Å². The number of anilines is 1. The van der Waals surface area contributed by atoms with Gasteiger partial charge in [-0.25, -0.2) is 9.97 Å². The number of rotatable bonds is 5. The molecule has 0 bridgehead atoms. The summed E-state index contributed by atoms with van der Waals surface area (Å²) in [6.07, 6.45) is 1.52. The minimum Gasteiger partial charge on any atom is -0.504 e. The zero-order valence-electron chi connectivity index (χ0n) is 14.9. The van der Waals surface area contributed by atoms with Gasteiger partial charge in [-0.1, -0.05) is 36.4 Å². The molecule has 0 radical (unpaired) electrons. The van der Waals surface area contributed by atoms with Crippen LogP contribution in [0, 0.1) is 13.8 Å². The first-order valence-electron chi connectivity index (χ1n) is 8.16. The Kier molecular flexibility index (Phi) is 5.12. The monoisotopic (exact) mass is 348 g/mol.